The molecule has 6 heteroatoms. The van der Waals surface area contributed by atoms with E-state index in [9.17, 15) is 10.2 Å². The van der Waals surface area contributed by atoms with Gasteiger partial charge < -0.3 is 29.2 Å². The Hall–Kier alpha value is -4.16. The molecule has 0 saturated carbocycles. The molecule has 0 fully saturated rings. The van der Waals surface area contributed by atoms with Crippen molar-refractivity contribution < 1.29 is 29.2 Å². The monoisotopic (exact) mass is 496 g/mol. The molecule has 0 amide bonds. The lowest BCUT2D eigenvalue weighted by Gasteiger charge is -2.31. The predicted molar refractivity (Wildman–Crippen MR) is 138 cm³/mol. The summed E-state index contributed by atoms with van der Waals surface area (Å²) < 4.78 is 25.0. The van der Waals surface area contributed by atoms with Gasteiger partial charge in [-0.2, -0.15) is 0 Å². The summed E-state index contributed by atoms with van der Waals surface area (Å²) in [4.78, 5) is 0. The van der Waals surface area contributed by atoms with Crippen molar-refractivity contribution in [1.29, 1.82) is 0 Å². The molecule has 37 heavy (non-hydrogen) atoms. The van der Waals surface area contributed by atoms with E-state index in [0.29, 0.717) is 28.6 Å². The SMILES string of the molecule is CC(C)Oc1cc(O)c2c(c1)O[C@H](c1ccc3c(c1)OC(c1ccccc1)(c1ccccc1)O3)[C@@H](O)C2. The Bertz CT molecular complexity index is 1380. The molecule has 6 nitrogen and oxygen atoms in total. The minimum Gasteiger partial charge on any atom is -0.507 e. The van der Waals surface area contributed by atoms with E-state index in [0.717, 1.165) is 16.7 Å². The van der Waals surface area contributed by atoms with Gasteiger partial charge in [-0.05, 0) is 31.5 Å². The highest BCUT2D eigenvalue weighted by Gasteiger charge is 2.46. The van der Waals surface area contributed by atoms with Gasteiger partial charge in [-0.3, -0.25) is 0 Å². The van der Waals surface area contributed by atoms with Crippen LogP contribution in [0, 0.1) is 0 Å². The van der Waals surface area contributed by atoms with E-state index in [4.69, 9.17) is 18.9 Å². The van der Waals surface area contributed by atoms with E-state index in [1.165, 1.54) is 0 Å². The molecule has 2 N–H and O–H groups in total. The van der Waals surface area contributed by atoms with Crippen molar-refractivity contribution in [3.05, 3.63) is 113 Å². The van der Waals surface area contributed by atoms with Crippen molar-refractivity contribution >= 4 is 0 Å². The second kappa shape index (κ2) is 9.05. The largest absolute Gasteiger partial charge is 0.507 e. The van der Waals surface area contributed by atoms with Gasteiger partial charge >= 0.3 is 5.79 Å². The molecule has 0 spiro atoms. The van der Waals surface area contributed by atoms with Crippen molar-refractivity contribution in [1.82, 2.24) is 0 Å². The number of fused-ring (bicyclic) bond motifs is 2. The Morgan fingerprint density at radius 1 is 0.811 bits per heavy atom. The topological polar surface area (TPSA) is 77.4 Å². The van der Waals surface area contributed by atoms with Gasteiger partial charge in [-0.25, -0.2) is 0 Å². The van der Waals surface area contributed by atoms with Crippen LogP contribution < -0.4 is 18.9 Å². The molecule has 2 aliphatic rings. The van der Waals surface area contributed by atoms with Gasteiger partial charge in [-0.15, -0.1) is 0 Å². The van der Waals surface area contributed by atoms with Crippen molar-refractivity contribution in [3.8, 4) is 28.7 Å². The number of aromatic hydroxyl groups is 1. The summed E-state index contributed by atoms with van der Waals surface area (Å²) in [5.74, 6) is 1.09. The molecule has 0 saturated heterocycles. The maximum atomic E-state index is 11.0. The lowest BCUT2D eigenvalue weighted by atomic mass is 9.94. The van der Waals surface area contributed by atoms with E-state index >= 15 is 0 Å². The van der Waals surface area contributed by atoms with Crippen LogP contribution in [0.3, 0.4) is 0 Å². The zero-order chi connectivity index (χ0) is 25.6. The third-order valence-corrected chi connectivity index (χ3v) is 6.66. The minimum absolute atomic E-state index is 0.0480. The zero-order valence-corrected chi connectivity index (χ0v) is 20.6. The average molecular weight is 497 g/mol. The molecule has 4 aromatic carbocycles. The van der Waals surface area contributed by atoms with E-state index in [2.05, 4.69) is 0 Å². The van der Waals surface area contributed by atoms with Crippen molar-refractivity contribution in [3.63, 3.8) is 0 Å². The second-order valence-electron chi connectivity index (χ2n) is 9.65. The van der Waals surface area contributed by atoms with E-state index in [1.54, 1.807) is 12.1 Å². The highest BCUT2D eigenvalue weighted by atomic mass is 16.7. The fourth-order valence-electron chi connectivity index (χ4n) is 4.99. The lowest BCUT2D eigenvalue weighted by molar-refractivity contribution is -0.0459. The predicted octanol–water partition coefficient (Wildman–Crippen LogP) is 5.89. The van der Waals surface area contributed by atoms with Crippen LogP contribution in [0.15, 0.2) is 91.0 Å². The zero-order valence-electron chi connectivity index (χ0n) is 20.6. The molecule has 0 unspecified atom stereocenters. The van der Waals surface area contributed by atoms with Crippen LogP contribution in [0.1, 0.15) is 42.2 Å². The van der Waals surface area contributed by atoms with Crippen molar-refractivity contribution in [2.24, 2.45) is 0 Å². The molecule has 0 bridgehead atoms. The minimum atomic E-state index is -1.13. The van der Waals surface area contributed by atoms with Gasteiger partial charge in [0.05, 0.1) is 12.2 Å². The van der Waals surface area contributed by atoms with Crippen LogP contribution >= 0.6 is 0 Å². The summed E-state index contributed by atoms with van der Waals surface area (Å²) >= 11 is 0. The normalized spacial score (nSPS) is 19.2. The third-order valence-electron chi connectivity index (χ3n) is 6.66. The Kier molecular flexibility index (Phi) is 5.69. The van der Waals surface area contributed by atoms with Crippen LogP contribution in [0.4, 0.5) is 0 Å². The molecular formula is C31H28O6. The molecule has 188 valence electrons. The lowest BCUT2D eigenvalue weighted by Crippen LogP contribution is -2.36. The fraction of sp³-hybridized carbons (Fsp3) is 0.226. The average Bonchev–Trinajstić information content (AvgIpc) is 3.30. The highest BCUT2D eigenvalue weighted by Crippen LogP contribution is 2.49. The summed E-state index contributed by atoms with van der Waals surface area (Å²) in [6.45, 7) is 3.84. The summed E-state index contributed by atoms with van der Waals surface area (Å²) in [6.07, 6.45) is -1.31. The Morgan fingerprint density at radius 3 is 2.11 bits per heavy atom. The van der Waals surface area contributed by atoms with E-state index in [1.807, 2.05) is 92.7 Å². The molecule has 0 radical (unpaired) electrons. The van der Waals surface area contributed by atoms with E-state index in [-0.39, 0.29) is 18.3 Å². The number of aliphatic hydroxyl groups is 1. The Labute approximate surface area is 215 Å². The molecule has 0 aliphatic carbocycles. The number of rotatable bonds is 5. The van der Waals surface area contributed by atoms with Gasteiger partial charge in [0.25, 0.3) is 0 Å². The second-order valence-corrected chi connectivity index (χ2v) is 9.65. The molecule has 4 aromatic rings. The number of benzene rings is 4. The van der Waals surface area contributed by atoms with Crippen LogP contribution in [-0.2, 0) is 12.2 Å². The number of hydrogen-bond acceptors (Lipinski definition) is 6. The summed E-state index contributed by atoms with van der Waals surface area (Å²) in [5, 5.41) is 21.5. The maximum Gasteiger partial charge on any atom is 0.305 e. The first kappa shape index (κ1) is 23.3. The summed E-state index contributed by atoms with van der Waals surface area (Å²) in [5.41, 5.74) is 3.05. The summed E-state index contributed by atoms with van der Waals surface area (Å²) in [6, 6.07) is 28.6. The summed E-state index contributed by atoms with van der Waals surface area (Å²) in [7, 11) is 0. The first-order chi connectivity index (χ1) is 17.9. The molecular weight excluding hydrogens is 468 g/mol. The molecule has 2 heterocycles. The number of phenols is 1. The Morgan fingerprint density at radius 2 is 1.46 bits per heavy atom. The third kappa shape index (κ3) is 4.13. The van der Waals surface area contributed by atoms with Crippen LogP contribution in [0.5, 0.6) is 28.7 Å². The van der Waals surface area contributed by atoms with Crippen LogP contribution in [-0.4, -0.2) is 22.4 Å². The fourth-order valence-corrected chi connectivity index (χ4v) is 4.99. The van der Waals surface area contributed by atoms with Crippen molar-refractivity contribution in [2.75, 3.05) is 0 Å². The number of phenolic OH excluding ortho intramolecular Hbond substituents is 1. The van der Waals surface area contributed by atoms with E-state index < -0.39 is 18.0 Å². The maximum absolute atomic E-state index is 11.0. The first-order valence-electron chi connectivity index (χ1n) is 12.4. The van der Waals surface area contributed by atoms with Gasteiger partial charge in [0.15, 0.2) is 11.5 Å². The van der Waals surface area contributed by atoms with Gasteiger partial charge in [0.2, 0.25) is 0 Å². The van der Waals surface area contributed by atoms with Gasteiger partial charge in [-0.1, -0.05) is 66.7 Å². The first-order valence-corrected chi connectivity index (χ1v) is 12.4. The Balaban J connectivity index is 1.34. The van der Waals surface area contributed by atoms with Gasteiger partial charge in [0, 0.05) is 35.2 Å². The van der Waals surface area contributed by atoms with Crippen LogP contribution in [0.2, 0.25) is 0 Å². The number of ether oxygens (including phenoxy) is 4. The van der Waals surface area contributed by atoms with Crippen LogP contribution in [0.25, 0.3) is 0 Å². The molecule has 2 aliphatic heterocycles. The van der Waals surface area contributed by atoms with Crippen molar-refractivity contribution in [2.45, 2.75) is 44.4 Å². The highest BCUT2D eigenvalue weighted by molar-refractivity contribution is 5.54. The molecule has 6 rings (SSSR count). The standard InChI is InChI=1S/C31H28O6/c1-19(2)34-23-16-25(32)24-18-26(33)30(35-28(24)17-23)20-13-14-27-29(15-20)37-31(36-27,21-9-5-3-6-10-21)22-11-7-4-8-12-22/h3-17,19,26,30,32-33H,18H2,1-2H3/t26-,30+/m0/s1. The van der Waals surface area contributed by atoms with Gasteiger partial charge in [0.1, 0.15) is 23.4 Å². The number of hydrogen-bond donors (Lipinski definition) is 2. The number of aliphatic hydroxyl groups excluding tert-OH is 1. The smallest absolute Gasteiger partial charge is 0.305 e. The molecule has 0 aromatic heterocycles. The quantitative estimate of drug-likeness (QED) is 0.359. The molecule has 2 atom stereocenters.